The van der Waals surface area contributed by atoms with Crippen molar-refractivity contribution in [2.75, 3.05) is 19.8 Å². The summed E-state index contributed by atoms with van der Waals surface area (Å²) < 4.78 is 41.9. The number of carbonyl (C=O) groups is 1. The Bertz CT molecular complexity index is 1110. The predicted molar refractivity (Wildman–Crippen MR) is 129 cm³/mol. The fourth-order valence-electron chi connectivity index (χ4n) is 4.09. The van der Waals surface area contributed by atoms with E-state index in [0.29, 0.717) is 23.4 Å². The number of halogens is 1. The van der Waals surface area contributed by atoms with Crippen molar-refractivity contribution in [3.63, 3.8) is 0 Å². The molecule has 0 amide bonds. The lowest BCUT2D eigenvalue weighted by atomic mass is 9.97. The predicted octanol–water partition coefficient (Wildman–Crippen LogP) is 1.58. The van der Waals surface area contributed by atoms with E-state index in [1.54, 1.807) is 31.5 Å². The van der Waals surface area contributed by atoms with E-state index in [0.717, 1.165) is 0 Å². The Labute approximate surface area is 219 Å². The lowest BCUT2D eigenvalue weighted by molar-refractivity contribution is -0.423. The molecule has 0 unspecified atom stereocenters. The number of aliphatic hydroxyl groups is 4. The van der Waals surface area contributed by atoms with Gasteiger partial charge >= 0.3 is 12.1 Å². The highest BCUT2D eigenvalue weighted by Gasteiger charge is 2.56. The first-order valence-electron chi connectivity index (χ1n) is 12.3. The number of benzene rings is 1. The second-order valence-electron chi connectivity index (χ2n) is 9.09. The minimum atomic E-state index is -2.89. The van der Waals surface area contributed by atoms with Crippen LogP contribution >= 0.6 is 0 Å². The molecule has 5 atom stereocenters. The molecule has 4 N–H and O–H groups in total. The highest BCUT2D eigenvalue weighted by atomic mass is 19.1. The van der Waals surface area contributed by atoms with Crippen molar-refractivity contribution in [1.29, 1.82) is 0 Å². The van der Waals surface area contributed by atoms with Gasteiger partial charge in [0.25, 0.3) is 0 Å². The van der Waals surface area contributed by atoms with E-state index in [9.17, 15) is 29.6 Å². The van der Waals surface area contributed by atoms with Crippen LogP contribution in [0.15, 0.2) is 18.2 Å². The van der Waals surface area contributed by atoms with Crippen LogP contribution < -0.4 is 9.47 Å². The Morgan fingerprint density at radius 2 is 1.89 bits per heavy atom. The normalized spacial score (nSPS) is 25.3. The van der Waals surface area contributed by atoms with Crippen LogP contribution in [0, 0.1) is 12.7 Å². The Hall–Kier alpha value is -2.97. The van der Waals surface area contributed by atoms with E-state index in [1.165, 1.54) is 12.1 Å². The molecule has 1 fully saturated rings. The van der Waals surface area contributed by atoms with Crippen LogP contribution in [0.2, 0.25) is 0 Å². The minimum absolute atomic E-state index is 0.0419. The summed E-state index contributed by atoms with van der Waals surface area (Å²) in [4.78, 5) is 11.6. The monoisotopic (exact) mass is 542 g/mol. The van der Waals surface area contributed by atoms with Gasteiger partial charge in [0.15, 0.2) is 17.7 Å². The smallest absolute Gasteiger partial charge is 0.491 e. The van der Waals surface area contributed by atoms with Crippen molar-refractivity contribution in [3.8, 4) is 11.6 Å². The Morgan fingerprint density at radius 1 is 1.18 bits per heavy atom. The molecule has 2 heterocycles. The molecule has 1 aliphatic heterocycles. The van der Waals surface area contributed by atoms with Gasteiger partial charge in [-0.3, -0.25) is 4.68 Å². The molecule has 1 saturated heterocycles. The van der Waals surface area contributed by atoms with Gasteiger partial charge in [0.1, 0.15) is 24.9 Å². The summed E-state index contributed by atoms with van der Waals surface area (Å²) in [5.41, 5.74) is 1.64. The van der Waals surface area contributed by atoms with E-state index < -0.39 is 49.0 Å². The zero-order chi connectivity index (χ0) is 28.2. The van der Waals surface area contributed by atoms with E-state index in [1.807, 2.05) is 13.8 Å². The largest absolute Gasteiger partial charge is 0.508 e. The summed E-state index contributed by atoms with van der Waals surface area (Å²) in [6.45, 7) is 8.54. The molecule has 0 aliphatic carbocycles. The van der Waals surface area contributed by atoms with Gasteiger partial charge in [-0.05, 0) is 52.3 Å². The molecule has 1 aromatic carbocycles. The molecule has 3 rings (SSSR count). The first-order chi connectivity index (χ1) is 17.9. The first kappa shape index (κ1) is 29.6. The van der Waals surface area contributed by atoms with Gasteiger partial charge in [0.05, 0.1) is 13.2 Å². The fourth-order valence-corrected chi connectivity index (χ4v) is 4.09. The summed E-state index contributed by atoms with van der Waals surface area (Å²) in [6.07, 6.45) is -8.20. The van der Waals surface area contributed by atoms with E-state index in [4.69, 9.17) is 18.9 Å². The zero-order valence-electron chi connectivity index (χ0n) is 22.0. The number of aromatic nitrogens is 2. The molecule has 1 aromatic heterocycles. The van der Waals surface area contributed by atoms with E-state index >= 15 is 0 Å². The SMILES string of the molecule is CCOC(=O)OC[C@H]1O[C@@](O)(Oc2nn(C(C)C)c(C)c2Cc2ccc(OCC)c(F)c2)[C@H](O)[C@@H](O)[C@@H]1O. The maximum Gasteiger partial charge on any atom is 0.508 e. The van der Waals surface area contributed by atoms with Crippen molar-refractivity contribution in [1.82, 2.24) is 9.78 Å². The second kappa shape index (κ2) is 12.3. The Balaban J connectivity index is 1.91. The van der Waals surface area contributed by atoms with Gasteiger partial charge in [0, 0.05) is 23.7 Å². The maximum absolute atomic E-state index is 14.5. The van der Waals surface area contributed by atoms with Gasteiger partial charge in [-0.2, -0.15) is 0 Å². The third kappa shape index (κ3) is 6.35. The number of hydrogen-bond acceptors (Lipinski definition) is 11. The second-order valence-corrected chi connectivity index (χ2v) is 9.09. The average Bonchev–Trinajstić information content (AvgIpc) is 3.16. The summed E-state index contributed by atoms with van der Waals surface area (Å²) in [5.74, 6) is -3.48. The Morgan fingerprint density at radius 3 is 2.50 bits per heavy atom. The van der Waals surface area contributed by atoms with Crippen LogP contribution in [0.4, 0.5) is 9.18 Å². The van der Waals surface area contributed by atoms with Gasteiger partial charge < -0.3 is 44.1 Å². The van der Waals surface area contributed by atoms with Crippen molar-refractivity contribution in [3.05, 3.63) is 40.8 Å². The van der Waals surface area contributed by atoms with Crippen molar-refractivity contribution in [2.24, 2.45) is 0 Å². The number of ether oxygens (including phenoxy) is 5. The quantitative estimate of drug-likeness (QED) is 0.255. The number of hydrogen-bond donors (Lipinski definition) is 4. The third-order valence-electron chi connectivity index (χ3n) is 6.02. The maximum atomic E-state index is 14.5. The molecule has 38 heavy (non-hydrogen) atoms. The van der Waals surface area contributed by atoms with Crippen molar-refractivity contribution < 1.29 is 53.3 Å². The Kier molecular flexibility index (Phi) is 9.54. The standard InChI is InChI=1S/C25H35FN2O10/c1-6-34-18-9-8-15(11-17(18)26)10-16-14(5)28(13(3)4)27-23(16)38-25(33)22(31)21(30)20(29)19(37-25)12-36-24(32)35-7-2/h8-9,11,13,19-22,29-31,33H,6-7,10,12H2,1-5H3/t19-,20-,21+,22-,25-/m1/s1. The summed E-state index contributed by atoms with van der Waals surface area (Å²) >= 11 is 0. The van der Waals surface area contributed by atoms with Gasteiger partial charge in [0.2, 0.25) is 5.88 Å². The van der Waals surface area contributed by atoms with Crippen LogP contribution in [-0.4, -0.2) is 86.6 Å². The molecular weight excluding hydrogens is 507 g/mol. The van der Waals surface area contributed by atoms with Gasteiger partial charge in [-0.1, -0.05) is 6.07 Å². The zero-order valence-corrected chi connectivity index (χ0v) is 22.0. The number of nitrogens with zero attached hydrogens (tertiary/aromatic N) is 2. The molecule has 212 valence electrons. The molecule has 0 saturated carbocycles. The average molecular weight is 543 g/mol. The van der Waals surface area contributed by atoms with Crippen LogP contribution in [0.25, 0.3) is 0 Å². The highest BCUT2D eigenvalue weighted by Crippen LogP contribution is 2.35. The lowest BCUT2D eigenvalue weighted by Crippen LogP contribution is -2.67. The van der Waals surface area contributed by atoms with Crippen LogP contribution in [-0.2, 0) is 20.6 Å². The van der Waals surface area contributed by atoms with Crippen LogP contribution in [0.3, 0.4) is 0 Å². The van der Waals surface area contributed by atoms with Crippen molar-refractivity contribution >= 4 is 6.16 Å². The van der Waals surface area contributed by atoms with Gasteiger partial charge in [-0.15, -0.1) is 5.10 Å². The van der Waals surface area contributed by atoms with E-state index in [-0.39, 0.29) is 30.7 Å². The third-order valence-corrected chi connectivity index (χ3v) is 6.02. The van der Waals surface area contributed by atoms with Crippen molar-refractivity contribution in [2.45, 2.75) is 77.5 Å². The molecule has 1 aliphatic rings. The highest BCUT2D eigenvalue weighted by molar-refractivity contribution is 5.59. The summed E-state index contributed by atoms with van der Waals surface area (Å²) in [5, 5.41) is 46.8. The molecular formula is C25H35FN2O10. The lowest BCUT2D eigenvalue weighted by Gasteiger charge is -2.44. The molecule has 13 heteroatoms. The summed E-state index contributed by atoms with van der Waals surface area (Å²) in [7, 11) is 0. The topological polar surface area (TPSA) is 162 Å². The van der Waals surface area contributed by atoms with Crippen LogP contribution in [0.5, 0.6) is 11.6 Å². The summed E-state index contributed by atoms with van der Waals surface area (Å²) in [6, 6.07) is 4.36. The number of aliphatic hydroxyl groups excluding tert-OH is 3. The molecule has 0 spiro atoms. The molecule has 12 nitrogen and oxygen atoms in total. The molecule has 2 aromatic rings. The van der Waals surface area contributed by atoms with Crippen LogP contribution in [0.1, 0.15) is 50.6 Å². The van der Waals surface area contributed by atoms with E-state index in [2.05, 4.69) is 9.84 Å². The number of carbonyl (C=O) groups excluding carboxylic acids is 1. The minimum Gasteiger partial charge on any atom is -0.491 e. The molecule has 0 radical (unpaired) electrons. The fraction of sp³-hybridized carbons (Fsp3) is 0.600. The number of rotatable bonds is 10. The first-order valence-corrected chi connectivity index (χ1v) is 12.3. The van der Waals surface area contributed by atoms with Gasteiger partial charge in [-0.25, -0.2) is 9.18 Å². The molecule has 0 bridgehead atoms.